The zero-order valence-corrected chi connectivity index (χ0v) is 13.1. The number of hydrogen-bond acceptors (Lipinski definition) is 3. The number of rotatable bonds is 7. The lowest BCUT2D eigenvalue weighted by atomic mass is 10.2. The Hall–Kier alpha value is -1.91. The Bertz CT molecular complexity index is 484. The zero-order valence-electron chi connectivity index (χ0n) is 13.1. The highest BCUT2D eigenvalue weighted by Gasteiger charge is 2.21. The van der Waals surface area contributed by atoms with Crippen LogP contribution < -0.4 is 20.1 Å². The first-order valence-corrected chi connectivity index (χ1v) is 7.51. The van der Waals surface area contributed by atoms with Crippen molar-refractivity contribution < 1.29 is 9.47 Å². The summed E-state index contributed by atoms with van der Waals surface area (Å²) in [5.41, 5.74) is 1.13. The fourth-order valence-electron chi connectivity index (χ4n) is 2.07. The summed E-state index contributed by atoms with van der Waals surface area (Å²) in [6.07, 6.45) is 2.67. The second kappa shape index (κ2) is 7.76. The topological polar surface area (TPSA) is 54.9 Å². The summed E-state index contributed by atoms with van der Waals surface area (Å²) < 4.78 is 10.9. The van der Waals surface area contributed by atoms with Gasteiger partial charge in [-0.1, -0.05) is 6.07 Å². The summed E-state index contributed by atoms with van der Waals surface area (Å²) in [7, 11) is 3.45. The summed E-state index contributed by atoms with van der Waals surface area (Å²) in [5.74, 6) is 3.21. The summed E-state index contributed by atoms with van der Waals surface area (Å²) in [6, 6.07) is 5.97. The van der Waals surface area contributed by atoms with Crippen LogP contribution in [0.15, 0.2) is 23.2 Å². The molecule has 0 heterocycles. The Labute approximate surface area is 126 Å². The Morgan fingerprint density at radius 2 is 2.10 bits per heavy atom. The Morgan fingerprint density at radius 3 is 2.71 bits per heavy atom. The van der Waals surface area contributed by atoms with Crippen molar-refractivity contribution in [1.82, 2.24) is 10.6 Å². The molecule has 0 radical (unpaired) electrons. The van der Waals surface area contributed by atoms with Crippen LogP contribution in [0.5, 0.6) is 11.5 Å². The molecule has 5 nitrogen and oxygen atoms in total. The molecule has 2 rings (SSSR count). The van der Waals surface area contributed by atoms with E-state index in [1.807, 2.05) is 25.1 Å². The van der Waals surface area contributed by atoms with Crippen molar-refractivity contribution in [3.63, 3.8) is 0 Å². The van der Waals surface area contributed by atoms with Crippen molar-refractivity contribution in [1.29, 1.82) is 0 Å². The second-order valence-corrected chi connectivity index (χ2v) is 5.17. The maximum absolute atomic E-state index is 5.59. The van der Waals surface area contributed by atoms with E-state index in [9.17, 15) is 0 Å². The van der Waals surface area contributed by atoms with Gasteiger partial charge >= 0.3 is 0 Å². The maximum atomic E-state index is 5.59. The lowest BCUT2D eigenvalue weighted by Crippen LogP contribution is -2.37. The van der Waals surface area contributed by atoms with Gasteiger partial charge in [-0.3, -0.25) is 4.99 Å². The van der Waals surface area contributed by atoms with Crippen molar-refractivity contribution in [3.8, 4) is 11.5 Å². The minimum absolute atomic E-state index is 0.623. The molecule has 1 aliphatic rings. The number of nitrogens with one attached hydrogen (secondary N) is 2. The van der Waals surface area contributed by atoms with Crippen LogP contribution in [-0.4, -0.2) is 33.3 Å². The Kier molecular flexibility index (Phi) is 5.72. The molecule has 2 N–H and O–H groups in total. The summed E-state index contributed by atoms with van der Waals surface area (Å²) in [6.45, 7) is 4.30. The van der Waals surface area contributed by atoms with Gasteiger partial charge in [0.2, 0.25) is 0 Å². The standard InChI is InChI=1S/C16H25N3O2/c1-4-21-15-9-13(7-8-14(15)20-3)11-19-16(17-2)18-10-12-5-6-12/h7-9,12H,4-6,10-11H2,1-3H3,(H2,17,18,19). The number of nitrogens with zero attached hydrogens (tertiary/aromatic N) is 1. The number of methoxy groups -OCH3 is 1. The molecule has 0 saturated heterocycles. The molecule has 0 aromatic heterocycles. The third-order valence-corrected chi connectivity index (χ3v) is 3.47. The van der Waals surface area contributed by atoms with E-state index in [1.54, 1.807) is 14.2 Å². The lowest BCUT2D eigenvalue weighted by Gasteiger charge is -2.14. The van der Waals surface area contributed by atoms with E-state index in [2.05, 4.69) is 15.6 Å². The fraction of sp³-hybridized carbons (Fsp3) is 0.562. The second-order valence-electron chi connectivity index (χ2n) is 5.17. The maximum Gasteiger partial charge on any atom is 0.191 e. The predicted octanol–water partition coefficient (Wildman–Crippen LogP) is 2.17. The van der Waals surface area contributed by atoms with Gasteiger partial charge in [0.25, 0.3) is 0 Å². The van der Waals surface area contributed by atoms with Crippen molar-refractivity contribution in [2.45, 2.75) is 26.3 Å². The number of guanidine groups is 1. The zero-order chi connectivity index (χ0) is 15.1. The average molecular weight is 291 g/mol. The van der Waals surface area contributed by atoms with Gasteiger partial charge in [-0.2, -0.15) is 0 Å². The highest BCUT2D eigenvalue weighted by molar-refractivity contribution is 5.79. The molecule has 0 bridgehead atoms. The minimum atomic E-state index is 0.623. The van der Waals surface area contributed by atoms with Crippen molar-refractivity contribution in [2.75, 3.05) is 27.3 Å². The molecular formula is C16H25N3O2. The number of benzene rings is 1. The minimum Gasteiger partial charge on any atom is -0.493 e. The molecule has 1 fully saturated rings. The van der Waals surface area contributed by atoms with Crippen molar-refractivity contribution >= 4 is 5.96 Å². The molecule has 0 spiro atoms. The van der Waals surface area contributed by atoms with E-state index >= 15 is 0 Å². The highest BCUT2D eigenvalue weighted by atomic mass is 16.5. The molecule has 116 valence electrons. The van der Waals surface area contributed by atoms with E-state index in [1.165, 1.54) is 12.8 Å². The smallest absolute Gasteiger partial charge is 0.191 e. The van der Waals surface area contributed by atoms with Crippen molar-refractivity contribution in [2.24, 2.45) is 10.9 Å². The van der Waals surface area contributed by atoms with E-state index in [-0.39, 0.29) is 0 Å². The third kappa shape index (κ3) is 4.85. The summed E-state index contributed by atoms with van der Waals surface area (Å²) >= 11 is 0. The molecule has 21 heavy (non-hydrogen) atoms. The van der Waals surface area contributed by atoms with Gasteiger partial charge in [0.15, 0.2) is 17.5 Å². The average Bonchev–Trinajstić information content (AvgIpc) is 3.32. The molecule has 0 atom stereocenters. The van der Waals surface area contributed by atoms with E-state index in [0.717, 1.165) is 35.5 Å². The molecule has 0 unspecified atom stereocenters. The van der Waals surface area contributed by atoms with Gasteiger partial charge in [0.1, 0.15) is 0 Å². The fourth-order valence-corrected chi connectivity index (χ4v) is 2.07. The highest BCUT2D eigenvalue weighted by Crippen LogP contribution is 2.28. The summed E-state index contributed by atoms with van der Waals surface area (Å²) in [4.78, 5) is 4.23. The molecular weight excluding hydrogens is 266 g/mol. The van der Waals surface area contributed by atoms with Crippen LogP contribution in [0.3, 0.4) is 0 Å². The van der Waals surface area contributed by atoms with Gasteiger partial charge in [0.05, 0.1) is 13.7 Å². The van der Waals surface area contributed by atoms with Crippen molar-refractivity contribution in [3.05, 3.63) is 23.8 Å². The molecule has 1 saturated carbocycles. The van der Waals surface area contributed by atoms with Crippen LogP contribution in [-0.2, 0) is 6.54 Å². The van der Waals surface area contributed by atoms with Gasteiger partial charge in [0, 0.05) is 20.1 Å². The van der Waals surface area contributed by atoms with Crippen LogP contribution in [0.25, 0.3) is 0 Å². The van der Waals surface area contributed by atoms with Crippen LogP contribution in [0.1, 0.15) is 25.3 Å². The Morgan fingerprint density at radius 1 is 1.29 bits per heavy atom. The van der Waals surface area contributed by atoms with Gasteiger partial charge < -0.3 is 20.1 Å². The molecule has 0 amide bonds. The normalized spacial score (nSPS) is 14.7. The largest absolute Gasteiger partial charge is 0.493 e. The first-order valence-electron chi connectivity index (χ1n) is 7.51. The predicted molar refractivity (Wildman–Crippen MR) is 85.1 cm³/mol. The number of aliphatic imine (C=N–C) groups is 1. The van der Waals surface area contributed by atoms with Crippen LogP contribution in [0.4, 0.5) is 0 Å². The van der Waals surface area contributed by atoms with Crippen LogP contribution in [0, 0.1) is 5.92 Å². The van der Waals surface area contributed by atoms with Gasteiger partial charge in [-0.15, -0.1) is 0 Å². The van der Waals surface area contributed by atoms with Crippen LogP contribution >= 0.6 is 0 Å². The first kappa shape index (κ1) is 15.5. The number of ether oxygens (including phenoxy) is 2. The molecule has 5 heteroatoms. The lowest BCUT2D eigenvalue weighted by molar-refractivity contribution is 0.310. The van der Waals surface area contributed by atoms with Crippen LogP contribution in [0.2, 0.25) is 0 Å². The van der Waals surface area contributed by atoms with Gasteiger partial charge in [-0.05, 0) is 43.4 Å². The van der Waals surface area contributed by atoms with Gasteiger partial charge in [-0.25, -0.2) is 0 Å². The van der Waals surface area contributed by atoms with E-state index in [4.69, 9.17) is 9.47 Å². The Balaban J connectivity index is 1.90. The molecule has 0 aliphatic heterocycles. The molecule has 1 aromatic rings. The number of hydrogen-bond donors (Lipinski definition) is 2. The summed E-state index contributed by atoms with van der Waals surface area (Å²) in [5, 5.41) is 6.67. The molecule has 1 aromatic carbocycles. The van der Waals surface area contributed by atoms with E-state index < -0.39 is 0 Å². The third-order valence-electron chi connectivity index (χ3n) is 3.47. The monoisotopic (exact) mass is 291 g/mol. The van der Waals surface area contributed by atoms with E-state index in [0.29, 0.717) is 13.2 Å². The SMILES string of the molecule is CCOc1cc(CNC(=NC)NCC2CC2)ccc1OC. The first-order chi connectivity index (χ1) is 10.3. The molecule has 1 aliphatic carbocycles. The quantitative estimate of drug-likeness (QED) is 0.597.